The second-order valence-electron chi connectivity index (χ2n) is 9.40. The van der Waals surface area contributed by atoms with Gasteiger partial charge in [0.05, 0.1) is 23.6 Å². The number of rotatable bonds is 4. The number of ether oxygens (including phenoxy) is 1. The summed E-state index contributed by atoms with van der Waals surface area (Å²) in [5.41, 5.74) is 1.18. The molecule has 4 rings (SSSR count). The van der Waals surface area contributed by atoms with Gasteiger partial charge in [0.15, 0.2) is 0 Å². The van der Waals surface area contributed by atoms with Crippen LogP contribution in [-0.2, 0) is 16.1 Å². The number of nitrogens with zero attached hydrogens (tertiary/aromatic N) is 2. The minimum Gasteiger partial charge on any atom is -0.469 e. The molecule has 1 aliphatic rings. The largest absolute Gasteiger partial charge is 0.469 e. The number of thiophene rings is 1. The average molecular weight is 423 g/mol. The van der Waals surface area contributed by atoms with E-state index in [1.807, 2.05) is 12.3 Å². The first-order chi connectivity index (χ1) is 14.3. The highest BCUT2D eigenvalue weighted by Crippen LogP contribution is 2.37. The molecular weight excluding hydrogens is 392 g/mol. The van der Waals surface area contributed by atoms with Gasteiger partial charge >= 0.3 is 5.97 Å². The predicted molar refractivity (Wildman–Crippen MR) is 123 cm³/mol. The number of fused-ring (bicyclic) bond motifs is 1. The van der Waals surface area contributed by atoms with Crippen LogP contribution in [0.5, 0.6) is 0 Å². The summed E-state index contributed by atoms with van der Waals surface area (Å²) in [6, 6.07) is 14.8. The molecule has 0 bridgehead atoms. The molecule has 158 valence electrons. The van der Waals surface area contributed by atoms with Gasteiger partial charge in [-0.15, -0.1) is 11.3 Å². The highest BCUT2D eigenvalue weighted by atomic mass is 32.1. The van der Waals surface area contributed by atoms with Crippen molar-refractivity contribution in [2.75, 3.05) is 20.2 Å². The molecule has 1 fully saturated rings. The normalized spacial score (nSPS) is 20.4. The van der Waals surface area contributed by atoms with E-state index in [-0.39, 0.29) is 17.3 Å². The van der Waals surface area contributed by atoms with Crippen molar-refractivity contribution in [1.29, 1.82) is 0 Å². The lowest BCUT2D eigenvalue weighted by atomic mass is 9.73. The van der Waals surface area contributed by atoms with Crippen molar-refractivity contribution in [2.45, 2.75) is 33.7 Å². The fourth-order valence-corrected chi connectivity index (χ4v) is 5.34. The van der Waals surface area contributed by atoms with Crippen molar-refractivity contribution in [3.05, 3.63) is 53.5 Å². The van der Waals surface area contributed by atoms with Gasteiger partial charge in [-0.25, -0.2) is 0 Å². The predicted octanol–water partition coefficient (Wildman–Crippen LogP) is 5.62. The number of methoxy groups -OCH3 is 1. The smallest absolute Gasteiger partial charge is 0.309 e. The van der Waals surface area contributed by atoms with Gasteiger partial charge in [-0.05, 0) is 41.3 Å². The Balaban J connectivity index is 1.52. The molecule has 0 radical (unpaired) electrons. The Morgan fingerprint density at radius 3 is 2.67 bits per heavy atom. The Bertz CT molecular complexity index is 1040. The maximum atomic E-state index is 12.3. The van der Waals surface area contributed by atoms with Crippen LogP contribution in [0.25, 0.3) is 21.3 Å². The molecular formula is C25H30N2O2S. The maximum absolute atomic E-state index is 12.3. The summed E-state index contributed by atoms with van der Waals surface area (Å²) in [4.78, 5) is 21.9. The van der Waals surface area contributed by atoms with E-state index in [4.69, 9.17) is 4.74 Å². The lowest BCUT2D eigenvalue weighted by Gasteiger charge is -2.42. The lowest BCUT2D eigenvalue weighted by molar-refractivity contribution is -0.149. The first-order valence-corrected chi connectivity index (χ1v) is 11.4. The third-order valence-corrected chi connectivity index (χ3v) is 7.30. The van der Waals surface area contributed by atoms with Gasteiger partial charge in [0.2, 0.25) is 0 Å². The van der Waals surface area contributed by atoms with Crippen molar-refractivity contribution in [3.63, 3.8) is 0 Å². The van der Waals surface area contributed by atoms with E-state index >= 15 is 0 Å². The summed E-state index contributed by atoms with van der Waals surface area (Å²) in [5, 5.41) is 2.37. The molecule has 5 heteroatoms. The number of aromatic nitrogens is 1. The number of carbonyl (C=O) groups excluding carboxylic acids is 1. The van der Waals surface area contributed by atoms with Gasteiger partial charge in [-0.3, -0.25) is 14.7 Å². The standard InChI is InChI=1S/C25H30N2O2S/c1-25(2,3)20-11-19(24(28)29-4)14-27(15-20)16-21-9-10-23(30-21)22-12-17-7-5-6-8-18(17)13-26-22/h5-10,12-13,19-20H,11,14-16H2,1-4H3. The van der Waals surface area contributed by atoms with Crippen molar-refractivity contribution in [3.8, 4) is 10.6 Å². The summed E-state index contributed by atoms with van der Waals surface area (Å²) in [5.74, 6) is 0.340. The molecule has 1 saturated heterocycles. The topological polar surface area (TPSA) is 42.4 Å². The monoisotopic (exact) mass is 422 g/mol. The molecule has 0 amide bonds. The van der Waals surface area contributed by atoms with Gasteiger partial charge < -0.3 is 4.74 Å². The number of carbonyl (C=O) groups is 1. The zero-order valence-corrected chi connectivity index (χ0v) is 19.0. The van der Waals surface area contributed by atoms with Crippen LogP contribution in [0.2, 0.25) is 0 Å². The summed E-state index contributed by atoms with van der Waals surface area (Å²) in [6.45, 7) is 9.44. The van der Waals surface area contributed by atoms with Crippen LogP contribution < -0.4 is 0 Å². The Labute approximate surface area is 182 Å². The number of benzene rings is 1. The number of piperidine rings is 1. The molecule has 1 aromatic carbocycles. The Hall–Kier alpha value is -2.24. The van der Waals surface area contributed by atoms with Crippen LogP contribution in [0.4, 0.5) is 0 Å². The highest BCUT2D eigenvalue weighted by Gasteiger charge is 2.37. The summed E-state index contributed by atoms with van der Waals surface area (Å²) in [7, 11) is 1.50. The van der Waals surface area contributed by atoms with Crippen LogP contribution in [0.15, 0.2) is 48.7 Å². The van der Waals surface area contributed by atoms with Crippen LogP contribution in [-0.4, -0.2) is 36.1 Å². The molecule has 2 aromatic heterocycles. The number of likely N-dealkylation sites (tertiary alicyclic amines) is 1. The second kappa shape index (κ2) is 8.48. The van der Waals surface area contributed by atoms with Crippen molar-refractivity contribution < 1.29 is 9.53 Å². The van der Waals surface area contributed by atoms with Crippen LogP contribution in [0.3, 0.4) is 0 Å². The minimum absolute atomic E-state index is 0.0467. The Kier molecular flexibility index (Phi) is 5.94. The number of hydrogen-bond donors (Lipinski definition) is 0. The molecule has 30 heavy (non-hydrogen) atoms. The lowest BCUT2D eigenvalue weighted by Crippen LogP contribution is -2.46. The van der Waals surface area contributed by atoms with Gasteiger partial charge in [0.25, 0.3) is 0 Å². The van der Waals surface area contributed by atoms with E-state index < -0.39 is 0 Å². The van der Waals surface area contributed by atoms with Gasteiger partial charge in [0, 0.05) is 36.1 Å². The van der Waals surface area contributed by atoms with Gasteiger partial charge in [-0.1, -0.05) is 45.0 Å². The van der Waals surface area contributed by atoms with E-state index in [2.05, 4.69) is 67.1 Å². The van der Waals surface area contributed by atoms with Gasteiger partial charge in [-0.2, -0.15) is 0 Å². The first-order valence-electron chi connectivity index (χ1n) is 10.6. The summed E-state index contributed by atoms with van der Waals surface area (Å²) in [6.07, 6.45) is 2.85. The van der Waals surface area contributed by atoms with E-state index in [1.54, 1.807) is 11.3 Å². The zero-order chi connectivity index (χ0) is 21.3. The minimum atomic E-state index is -0.0822. The molecule has 3 aromatic rings. The maximum Gasteiger partial charge on any atom is 0.309 e. The van der Waals surface area contributed by atoms with E-state index in [9.17, 15) is 4.79 Å². The quantitative estimate of drug-likeness (QED) is 0.512. The van der Waals surface area contributed by atoms with Crippen LogP contribution in [0, 0.1) is 17.3 Å². The average Bonchev–Trinajstić information content (AvgIpc) is 3.20. The summed E-state index contributed by atoms with van der Waals surface area (Å²) >= 11 is 1.79. The van der Waals surface area contributed by atoms with Crippen molar-refractivity contribution in [1.82, 2.24) is 9.88 Å². The molecule has 0 N–H and O–H groups in total. The number of hydrogen-bond acceptors (Lipinski definition) is 5. The SMILES string of the molecule is COC(=O)C1CC(C(C)(C)C)CN(Cc2ccc(-c3cc4ccccc4cn3)s2)C1. The molecule has 2 unspecified atom stereocenters. The molecule has 3 heterocycles. The van der Waals surface area contributed by atoms with Crippen LogP contribution >= 0.6 is 11.3 Å². The Morgan fingerprint density at radius 2 is 1.93 bits per heavy atom. The third kappa shape index (κ3) is 4.57. The fourth-order valence-electron chi connectivity index (χ4n) is 4.32. The zero-order valence-electron chi connectivity index (χ0n) is 18.2. The van der Waals surface area contributed by atoms with E-state index in [0.29, 0.717) is 5.92 Å². The molecule has 0 saturated carbocycles. The highest BCUT2D eigenvalue weighted by molar-refractivity contribution is 7.15. The van der Waals surface area contributed by atoms with Crippen LogP contribution in [0.1, 0.15) is 32.1 Å². The van der Waals surface area contributed by atoms with Crippen molar-refractivity contribution >= 4 is 28.1 Å². The molecule has 2 atom stereocenters. The molecule has 0 spiro atoms. The number of pyridine rings is 1. The second-order valence-corrected chi connectivity index (χ2v) is 10.6. The molecule has 4 nitrogen and oxygen atoms in total. The van der Waals surface area contributed by atoms with Gasteiger partial charge in [0.1, 0.15) is 0 Å². The molecule has 0 aliphatic carbocycles. The fraction of sp³-hybridized carbons (Fsp3) is 0.440. The van der Waals surface area contributed by atoms with Crippen molar-refractivity contribution in [2.24, 2.45) is 17.3 Å². The Morgan fingerprint density at radius 1 is 1.17 bits per heavy atom. The van der Waals surface area contributed by atoms with E-state index in [1.165, 1.54) is 22.3 Å². The molecule has 1 aliphatic heterocycles. The van der Waals surface area contributed by atoms with E-state index in [0.717, 1.165) is 37.1 Å². The first kappa shape index (κ1) is 21.0. The summed E-state index contributed by atoms with van der Waals surface area (Å²) < 4.78 is 5.08. The third-order valence-electron chi connectivity index (χ3n) is 6.21. The number of esters is 1.